The van der Waals surface area contributed by atoms with Crippen LogP contribution in [0.1, 0.15) is 36.3 Å². The van der Waals surface area contributed by atoms with Crippen LogP contribution in [0.25, 0.3) is 22.2 Å². The van der Waals surface area contributed by atoms with Gasteiger partial charge in [-0.2, -0.15) is 0 Å². The molecular weight excluding hydrogens is 390 g/mol. The van der Waals surface area contributed by atoms with Crippen molar-refractivity contribution in [1.29, 1.82) is 0 Å². The van der Waals surface area contributed by atoms with E-state index in [4.69, 9.17) is 9.51 Å². The van der Waals surface area contributed by atoms with Crippen molar-refractivity contribution in [1.82, 2.24) is 14.7 Å². The van der Waals surface area contributed by atoms with Crippen molar-refractivity contribution in [2.75, 3.05) is 23.5 Å². The van der Waals surface area contributed by atoms with Crippen LogP contribution >= 0.6 is 0 Å². The van der Waals surface area contributed by atoms with Gasteiger partial charge >= 0.3 is 0 Å². The van der Waals surface area contributed by atoms with E-state index in [1.165, 1.54) is 24.8 Å². The van der Waals surface area contributed by atoms with Crippen LogP contribution in [0.2, 0.25) is 0 Å². The Morgan fingerprint density at radius 1 is 1.06 bits per heavy atom. The standard InChI is InChI=1S/C24H27N5O2/c1-16-22(17(2)31-27-16)19-13-20(26-30)23-21(14-19)29(15-18-9-5-3-6-10-18)24(25-23)28-11-7-4-8-12-28/h3,5-6,9-10,13-14,26,30H,4,7-8,11-12,15H2,1-2H3. The van der Waals surface area contributed by atoms with Crippen molar-refractivity contribution in [2.24, 2.45) is 0 Å². The minimum absolute atomic E-state index is 0.581. The number of nitrogens with zero attached hydrogens (tertiary/aromatic N) is 4. The zero-order valence-corrected chi connectivity index (χ0v) is 17.9. The third-order valence-corrected chi connectivity index (χ3v) is 6.10. The van der Waals surface area contributed by atoms with E-state index in [1.54, 1.807) is 0 Å². The van der Waals surface area contributed by atoms with Gasteiger partial charge in [0.2, 0.25) is 5.95 Å². The average molecular weight is 418 g/mol. The predicted octanol–water partition coefficient (Wildman–Crippen LogP) is 5.15. The molecule has 0 radical (unpaired) electrons. The minimum Gasteiger partial charge on any atom is -0.361 e. The second-order valence-corrected chi connectivity index (χ2v) is 8.23. The van der Waals surface area contributed by atoms with Crippen LogP contribution in [0.4, 0.5) is 11.6 Å². The largest absolute Gasteiger partial charge is 0.361 e. The van der Waals surface area contributed by atoms with Crippen molar-refractivity contribution in [3.63, 3.8) is 0 Å². The topological polar surface area (TPSA) is 79.3 Å². The summed E-state index contributed by atoms with van der Waals surface area (Å²) in [5, 5.41) is 14.1. The molecule has 2 aromatic carbocycles. The van der Waals surface area contributed by atoms with Crippen LogP contribution < -0.4 is 10.4 Å². The lowest BCUT2D eigenvalue weighted by atomic mass is 10.0. The second-order valence-electron chi connectivity index (χ2n) is 8.23. The van der Waals surface area contributed by atoms with Crippen molar-refractivity contribution in [2.45, 2.75) is 39.7 Å². The zero-order chi connectivity index (χ0) is 21.4. The molecule has 0 unspecified atom stereocenters. The molecule has 7 heteroatoms. The molecule has 0 saturated carbocycles. The first-order valence-corrected chi connectivity index (χ1v) is 10.8. The number of nitrogens with one attached hydrogen (secondary N) is 1. The van der Waals surface area contributed by atoms with E-state index in [-0.39, 0.29) is 0 Å². The van der Waals surface area contributed by atoms with Gasteiger partial charge in [0, 0.05) is 18.7 Å². The number of aryl methyl sites for hydroxylation is 2. The lowest BCUT2D eigenvalue weighted by molar-refractivity contribution is 0.389. The fourth-order valence-electron chi connectivity index (χ4n) is 4.59. The Hall–Kier alpha value is -3.32. The highest BCUT2D eigenvalue weighted by atomic mass is 16.5. The van der Waals surface area contributed by atoms with Crippen molar-refractivity contribution in [3.05, 3.63) is 59.5 Å². The van der Waals surface area contributed by atoms with E-state index < -0.39 is 0 Å². The third-order valence-electron chi connectivity index (χ3n) is 6.10. The first-order chi connectivity index (χ1) is 15.2. The summed E-state index contributed by atoms with van der Waals surface area (Å²) in [6.07, 6.45) is 3.60. The summed E-state index contributed by atoms with van der Waals surface area (Å²) >= 11 is 0. The van der Waals surface area contributed by atoms with Gasteiger partial charge in [0.05, 0.1) is 23.4 Å². The van der Waals surface area contributed by atoms with E-state index in [2.05, 4.69) is 50.4 Å². The first-order valence-electron chi connectivity index (χ1n) is 10.8. The summed E-state index contributed by atoms with van der Waals surface area (Å²) in [6.45, 7) is 6.54. The molecule has 160 valence electrons. The summed E-state index contributed by atoms with van der Waals surface area (Å²) in [5.41, 5.74) is 8.61. The molecule has 3 heterocycles. The Bertz CT molecular complexity index is 1190. The smallest absolute Gasteiger partial charge is 0.206 e. The summed E-state index contributed by atoms with van der Waals surface area (Å²) in [4.78, 5) is 7.36. The fraction of sp³-hybridized carbons (Fsp3) is 0.333. The van der Waals surface area contributed by atoms with Gasteiger partial charge in [-0.25, -0.2) is 4.98 Å². The average Bonchev–Trinajstić information content (AvgIpc) is 3.34. The quantitative estimate of drug-likeness (QED) is 0.437. The molecule has 1 saturated heterocycles. The molecule has 31 heavy (non-hydrogen) atoms. The number of aromatic nitrogens is 3. The first kappa shape index (κ1) is 19.6. The summed E-state index contributed by atoms with van der Waals surface area (Å²) < 4.78 is 7.66. The Kier molecular flexibility index (Phi) is 5.11. The minimum atomic E-state index is 0.581. The van der Waals surface area contributed by atoms with Crippen molar-refractivity contribution >= 4 is 22.7 Å². The number of piperidine rings is 1. The van der Waals surface area contributed by atoms with Gasteiger partial charge in [-0.05, 0) is 56.4 Å². The van der Waals surface area contributed by atoms with E-state index in [0.29, 0.717) is 12.2 Å². The molecule has 7 nitrogen and oxygen atoms in total. The molecule has 5 rings (SSSR count). The molecular formula is C24H27N5O2. The molecule has 0 atom stereocenters. The lowest BCUT2D eigenvalue weighted by Gasteiger charge is -2.28. The molecule has 1 aliphatic heterocycles. The number of hydrogen-bond acceptors (Lipinski definition) is 6. The van der Waals surface area contributed by atoms with Gasteiger partial charge in [0.1, 0.15) is 11.3 Å². The van der Waals surface area contributed by atoms with E-state index >= 15 is 0 Å². The van der Waals surface area contributed by atoms with Crippen LogP contribution in [0.5, 0.6) is 0 Å². The third kappa shape index (κ3) is 3.55. The van der Waals surface area contributed by atoms with Crippen LogP contribution in [-0.4, -0.2) is 33.0 Å². The molecule has 1 fully saturated rings. The van der Waals surface area contributed by atoms with Crippen molar-refractivity contribution < 1.29 is 9.73 Å². The molecule has 0 amide bonds. The maximum atomic E-state index is 9.94. The summed E-state index contributed by atoms with van der Waals surface area (Å²) in [5.74, 6) is 1.71. The molecule has 2 N–H and O–H groups in total. The van der Waals surface area contributed by atoms with E-state index in [1.807, 2.05) is 26.0 Å². The van der Waals surface area contributed by atoms with Gasteiger partial charge in [-0.15, -0.1) is 0 Å². The van der Waals surface area contributed by atoms with Crippen LogP contribution in [0, 0.1) is 13.8 Å². The van der Waals surface area contributed by atoms with Gasteiger partial charge in [-0.3, -0.25) is 10.7 Å². The molecule has 0 bridgehead atoms. The van der Waals surface area contributed by atoms with Gasteiger partial charge in [0.25, 0.3) is 0 Å². The molecule has 4 aromatic rings. The number of anilines is 2. The van der Waals surface area contributed by atoms with Gasteiger partial charge in [0.15, 0.2) is 0 Å². The predicted molar refractivity (Wildman–Crippen MR) is 122 cm³/mol. The maximum absolute atomic E-state index is 9.94. The highest BCUT2D eigenvalue weighted by Gasteiger charge is 2.23. The molecule has 0 spiro atoms. The summed E-state index contributed by atoms with van der Waals surface area (Å²) in [6, 6.07) is 14.5. The highest BCUT2D eigenvalue weighted by Crippen LogP contribution is 2.36. The number of imidazole rings is 1. The fourth-order valence-corrected chi connectivity index (χ4v) is 4.59. The highest BCUT2D eigenvalue weighted by molar-refractivity contribution is 5.95. The van der Waals surface area contributed by atoms with Crippen LogP contribution in [-0.2, 0) is 6.54 Å². The SMILES string of the molecule is Cc1noc(C)c1-c1cc(NO)c2nc(N3CCCCC3)n(Cc3ccccc3)c2c1. The number of rotatable bonds is 5. The second kappa shape index (κ2) is 8.07. The summed E-state index contributed by atoms with van der Waals surface area (Å²) in [7, 11) is 0. The Labute approximate surface area is 181 Å². The van der Waals surface area contributed by atoms with Crippen LogP contribution in [0.15, 0.2) is 47.0 Å². The van der Waals surface area contributed by atoms with E-state index in [0.717, 1.165) is 52.7 Å². The van der Waals surface area contributed by atoms with Gasteiger partial charge < -0.3 is 14.0 Å². The Morgan fingerprint density at radius 3 is 2.52 bits per heavy atom. The van der Waals surface area contributed by atoms with Crippen molar-refractivity contribution in [3.8, 4) is 11.1 Å². The molecule has 1 aliphatic rings. The van der Waals surface area contributed by atoms with Gasteiger partial charge in [-0.1, -0.05) is 35.5 Å². The Balaban J connectivity index is 1.73. The number of fused-ring (bicyclic) bond motifs is 1. The lowest BCUT2D eigenvalue weighted by Crippen LogP contribution is -2.32. The zero-order valence-electron chi connectivity index (χ0n) is 17.9. The molecule has 2 aromatic heterocycles. The van der Waals surface area contributed by atoms with E-state index in [9.17, 15) is 5.21 Å². The van der Waals surface area contributed by atoms with Crippen LogP contribution in [0.3, 0.4) is 0 Å². The monoisotopic (exact) mass is 417 g/mol. The normalized spacial score (nSPS) is 14.4. The number of hydrogen-bond donors (Lipinski definition) is 2. The Morgan fingerprint density at radius 2 is 1.84 bits per heavy atom. The number of benzene rings is 2. The maximum Gasteiger partial charge on any atom is 0.206 e. The molecule has 0 aliphatic carbocycles.